The van der Waals surface area contributed by atoms with Crippen molar-refractivity contribution in [2.24, 2.45) is 0 Å². The maximum atomic E-state index is 6.55. The minimum absolute atomic E-state index is 0.562. The lowest BCUT2D eigenvalue weighted by molar-refractivity contribution is 0.669. The molecule has 0 saturated heterocycles. The number of fused-ring (bicyclic) bond motifs is 4. The normalized spacial score (nSPS) is 11.4. The van der Waals surface area contributed by atoms with Gasteiger partial charge in [-0.2, -0.15) is 0 Å². The van der Waals surface area contributed by atoms with Gasteiger partial charge in [0.15, 0.2) is 17.5 Å². The van der Waals surface area contributed by atoms with Crippen molar-refractivity contribution < 1.29 is 4.42 Å². The zero-order chi connectivity index (χ0) is 38.4. The van der Waals surface area contributed by atoms with Gasteiger partial charge in [-0.05, 0) is 70.8 Å². The van der Waals surface area contributed by atoms with Crippen molar-refractivity contribution in [2.45, 2.75) is 0 Å². The van der Waals surface area contributed by atoms with E-state index in [0.717, 1.165) is 89.0 Å². The SMILES string of the molecule is c1ccc(-c2cccc(-c3nc(-c4cccc(-c5ccccc5)c4)nc(-c4cccc5oc6ccc(-n7c(-c8ccccc8)nc8ccccc87)cc6c45)n3)c2)cc1. The summed E-state index contributed by atoms with van der Waals surface area (Å²) in [5.74, 6) is 2.61. The number of aromatic nitrogens is 5. The molecule has 0 aliphatic carbocycles. The zero-order valence-electron chi connectivity index (χ0n) is 31.2. The number of nitrogens with zero attached hydrogens (tertiary/aromatic N) is 5. The highest BCUT2D eigenvalue weighted by atomic mass is 16.3. The van der Waals surface area contributed by atoms with Gasteiger partial charge in [-0.3, -0.25) is 4.57 Å². The van der Waals surface area contributed by atoms with Gasteiger partial charge < -0.3 is 4.42 Å². The molecule has 272 valence electrons. The first-order valence-electron chi connectivity index (χ1n) is 19.3. The van der Waals surface area contributed by atoms with E-state index in [2.05, 4.69) is 150 Å². The summed E-state index contributed by atoms with van der Waals surface area (Å²) >= 11 is 0. The van der Waals surface area contributed by atoms with Crippen LogP contribution in [0.15, 0.2) is 205 Å². The van der Waals surface area contributed by atoms with Crippen molar-refractivity contribution in [1.82, 2.24) is 24.5 Å². The van der Waals surface area contributed by atoms with E-state index < -0.39 is 0 Å². The molecule has 58 heavy (non-hydrogen) atoms. The minimum Gasteiger partial charge on any atom is -0.456 e. The Bertz CT molecular complexity index is 3180. The van der Waals surface area contributed by atoms with Gasteiger partial charge in [-0.1, -0.05) is 152 Å². The van der Waals surface area contributed by atoms with Gasteiger partial charge in [-0.15, -0.1) is 0 Å². The van der Waals surface area contributed by atoms with Gasteiger partial charge in [0.1, 0.15) is 17.0 Å². The van der Waals surface area contributed by atoms with Gasteiger partial charge in [0, 0.05) is 38.7 Å². The molecule has 0 unspecified atom stereocenters. The van der Waals surface area contributed by atoms with Crippen LogP contribution in [0.2, 0.25) is 0 Å². The molecule has 3 aromatic heterocycles. The fourth-order valence-corrected chi connectivity index (χ4v) is 7.90. The van der Waals surface area contributed by atoms with Crippen LogP contribution in [-0.4, -0.2) is 24.5 Å². The van der Waals surface area contributed by atoms with E-state index in [-0.39, 0.29) is 0 Å². The number of para-hydroxylation sites is 2. The maximum absolute atomic E-state index is 6.55. The molecule has 6 nitrogen and oxygen atoms in total. The van der Waals surface area contributed by atoms with Crippen LogP contribution in [0, 0.1) is 0 Å². The van der Waals surface area contributed by atoms with E-state index >= 15 is 0 Å². The zero-order valence-corrected chi connectivity index (χ0v) is 31.2. The highest BCUT2D eigenvalue weighted by Crippen LogP contribution is 2.39. The monoisotopic (exact) mass is 743 g/mol. The van der Waals surface area contributed by atoms with Crippen molar-refractivity contribution >= 4 is 33.0 Å². The highest BCUT2D eigenvalue weighted by Gasteiger charge is 2.20. The Labute approximate surface area is 334 Å². The van der Waals surface area contributed by atoms with Crippen LogP contribution in [0.1, 0.15) is 0 Å². The molecular weight excluding hydrogens is 711 g/mol. The van der Waals surface area contributed by atoms with Crippen LogP contribution < -0.4 is 0 Å². The molecular formula is C52H33N5O. The first-order valence-corrected chi connectivity index (χ1v) is 19.3. The molecule has 0 amide bonds. The highest BCUT2D eigenvalue weighted by molar-refractivity contribution is 6.12. The van der Waals surface area contributed by atoms with Crippen molar-refractivity contribution in [3.05, 3.63) is 200 Å². The Hall–Kier alpha value is -7.96. The molecule has 0 bridgehead atoms. The Kier molecular flexibility index (Phi) is 8.04. The second kappa shape index (κ2) is 14.0. The van der Waals surface area contributed by atoms with E-state index in [0.29, 0.717) is 17.5 Å². The standard InChI is InChI=1S/C52H33N5O/c1-4-15-34(16-5-1)37-21-12-23-39(31-37)49-54-50(40-24-13-22-38(32-40)35-17-6-2-7-18-35)56-51(55-49)42-25-14-28-47-48(42)43-33-41(29-30-46(43)58-47)57-45-27-11-10-26-44(45)53-52(57)36-19-8-3-9-20-36/h1-33H. The number of hydrogen-bond donors (Lipinski definition) is 0. The molecule has 11 aromatic rings. The summed E-state index contributed by atoms with van der Waals surface area (Å²) in [7, 11) is 0. The number of imidazole rings is 1. The average Bonchev–Trinajstić information content (AvgIpc) is 3.89. The Balaban J connectivity index is 1.12. The fraction of sp³-hybridized carbons (Fsp3) is 0. The Morgan fingerprint density at radius 2 is 0.897 bits per heavy atom. The predicted molar refractivity (Wildman–Crippen MR) is 234 cm³/mol. The molecule has 8 aromatic carbocycles. The molecule has 0 radical (unpaired) electrons. The molecule has 0 aliphatic rings. The summed E-state index contributed by atoms with van der Waals surface area (Å²) in [5, 5.41) is 1.89. The van der Waals surface area contributed by atoms with Crippen molar-refractivity contribution in [1.29, 1.82) is 0 Å². The van der Waals surface area contributed by atoms with Gasteiger partial charge in [0.05, 0.1) is 11.0 Å². The summed E-state index contributed by atoms with van der Waals surface area (Å²) in [6, 6.07) is 68.6. The van der Waals surface area contributed by atoms with Crippen LogP contribution >= 0.6 is 0 Å². The number of furan rings is 1. The summed E-state index contributed by atoms with van der Waals surface area (Å²) in [4.78, 5) is 20.7. The van der Waals surface area contributed by atoms with Crippen LogP contribution in [0.25, 0.3) is 106 Å². The minimum atomic E-state index is 0.562. The third-order valence-corrected chi connectivity index (χ3v) is 10.7. The topological polar surface area (TPSA) is 69.6 Å². The van der Waals surface area contributed by atoms with Crippen LogP contribution in [0.3, 0.4) is 0 Å². The van der Waals surface area contributed by atoms with E-state index in [1.165, 1.54) is 0 Å². The molecule has 0 N–H and O–H groups in total. The van der Waals surface area contributed by atoms with E-state index in [1.54, 1.807) is 0 Å². The third-order valence-electron chi connectivity index (χ3n) is 10.7. The molecule has 0 saturated carbocycles. The van der Waals surface area contributed by atoms with E-state index in [9.17, 15) is 0 Å². The van der Waals surface area contributed by atoms with Crippen molar-refractivity contribution in [2.75, 3.05) is 0 Å². The number of rotatable bonds is 7. The van der Waals surface area contributed by atoms with Crippen molar-refractivity contribution in [3.8, 4) is 73.5 Å². The van der Waals surface area contributed by atoms with Crippen LogP contribution in [-0.2, 0) is 0 Å². The first-order chi connectivity index (χ1) is 28.7. The lowest BCUT2D eigenvalue weighted by Gasteiger charge is -2.12. The Morgan fingerprint density at radius 3 is 1.55 bits per heavy atom. The second-order valence-corrected chi connectivity index (χ2v) is 14.3. The van der Waals surface area contributed by atoms with Gasteiger partial charge in [0.2, 0.25) is 0 Å². The first kappa shape index (κ1) is 33.4. The number of benzene rings is 8. The molecule has 0 fully saturated rings. The predicted octanol–water partition coefficient (Wildman–Crippen LogP) is 13.1. The van der Waals surface area contributed by atoms with Gasteiger partial charge in [-0.25, -0.2) is 19.9 Å². The lowest BCUT2D eigenvalue weighted by atomic mass is 10.0. The third kappa shape index (κ3) is 5.92. The van der Waals surface area contributed by atoms with Gasteiger partial charge in [0.25, 0.3) is 0 Å². The smallest absolute Gasteiger partial charge is 0.164 e. The summed E-state index contributed by atoms with van der Waals surface area (Å²) < 4.78 is 8.78. The van der Waals surface area contributed by atoms with E-state index in [4.69, 9.17) is 24.4 Å². The summed E-state index contributed by atoms with van der Waals surface area (Å²) in [6.45, 7) is 0. The quantitative estimate of drug-likeness (QED) is 0.163. The molecule has 6 heteroatoms. The van der Waals surface area contributed by atoms with Crippen LogP contribution in [0.5, 0.6) is 0 Å². The molecule has 0 atom stereocenters. The van der Waals surface area contributed by atoms with Gasteiger partial charge >= 0.3 is 0 Å². The molecule has 11 rings (SSSR count). The molecule has 0 spiro atoms. The lowest BCUT2D eigenvalue weighted by Crippen LogP contribution is -2.01. The average molecular weight is 744 g/mol. The molecule has 3 heterocycles. The number of hydrogen-bond acceptors (Lipinski definition) is 5. The van der Waals surface area contributed by atoms with Crippen molar-refractivity contribution in [3.63, 3.8) is 0 Å². The largest absolute Gasteiger partial charge is 0.456 e. The maximum Gasteiger partial charge on any atom is 0.164 e. The Morgan fingerprint density at radius 1 is 0.362 bits per heavy atom. The van der Waals surface area contributed by atoms with E-state index in [1.807, 2.05) is 54.6 Å². The second-order valence-electron chi connectivity index (χ2n) is 14.3. The summed E-state index contributed by atoms with van der Waals surface area (Å²) in [5.41, 5.74) is 12.6. The summed E-state index contributed by atoms with van der Waals surface area (Å²) in [6.07, 6.45) is 0. The molecule has 0 aliphatic heterocycles. The van der Waals surface area contributed by atoms with Crippen LogP contribution in [0.4, 0.5) is 0 Å². The fourth-order valence-electron chi connectivity index (χ4n) is 7.90.